The first-order valence-corrected chi connectivity index (χ1v) is 11.0. The molecule has 2 heterocycles. The Balaban J connectivity index is 1.61. The number of hydrogen-bond donors (Lipinski definition) is 2. The summed E-state index contributed by atoms with van der Waals surface area (Å²) in [6.45, 7) is -0.464. The van der Waals surface area contributed by atoms with Crippen molar-refractivity contribution in [1.82, 2.24) is 19.7 Å². The molecule has 0 atom stereocenters. The monoisotopic (exact) mass is 539 g/mol. The normalized spacial score (nSPS) is 11.3. The van der Waals surface area contributed by atoms with Crippen LogP contribution in [0.5, 0.6) is 0 Å². The van der Waals surface area contributed by atoms with Crippen molar-refractivity contribution in [2.24, 2.45) is 0 Å². The highest BCUT2D eigenvalue weighted by molar-refractivity contribution is 7.15. The summed E-state index contributed by atoms with van der Waals surface area (Å²) in [5.41, 5.74) is 0.775. The van der Waals surface area contributed by atoms with E-state index in [2.05, 4.69) is 25.8 Å². The second-order valence-corrected chi connectivity index (χ2v) is 8.61. The summed E-state index contributed by atoms with van der Waals surface area (Å²) < 4.78 is 39.3. The number of nitrogens with one attached hydrogen (secondary N) is 2. The number of imidazole rings is 1. The minimum Gasteiger partial charge on any atom is -0.320 e. The molecule has 0 spiro atoms. The number of carbonyl (C=O) groups excluding carboxylic acids is 2. The fourth-order valence-electron chi connectivity index (χ4n) is 3.08. The van der Waals surface area contributed by atoms with Gasteiger partial charge in [0.25, 0.3) is 5.91 Å². The number of para-hydroxylation sites is 1. The lowest BCUT2D eigenvalue weighted by Crippen LogP contribution is -2.19. The molecular weight excluding hydrogens is 530 g/mol. The van der Waals surface area contributed by atoms with Crippen LogP contribution in [0.1, 0.15) is 21.2 Å². The Morgan fingerprint density at radius 1 is 1.09 bits per heavy atom. The van der Waals surface area contributed by atoms with Crippen molar-refractivity contribution in [2.75, 3.05) is 10.6 Å². The third-order valence-electron chi connectivity index (χ3n) is 4.53. The largest absolute Gasteiger partial charge is 0.445 e. The molecule has 4 aromatic rings. The molecule has 9 nitrogen and oxygen atoms in total. The smallest absolute Gasteiger partial charge is 0.320 e. The number of fused-ring (bicyclic) bond motifs is 1. The van der Waals surface area contributed by atoms with Crippen molar-refractivity contribution in [1.29, 1.82) is 5.26 Å². The van der Waals surface area contributed by atoms with E-state index >= 15 is 0 Å². The van der Waals surface area contributed by atoms with Crippen LogP contribution in [0.15, 0.2) is 36.4 Å². The zero-order valence-corrected chi connectivity index (χ0v) is 19.4. The molecule has 0 fully saturated rings. The van der Waals surface area contributed by atoms with Gasteiger partial charge in [0, 0.05) is 0 Å². The number of aromatic nitrogens is 4. The number of rotatable bonds is 5. The van der Waals surface area contributed by atoms with Crippen molar-refractivity contribution in [3.8, 4) is 6.07 Å². The quantitative estimate of drug-likeness (QED) is 0.368. The fraction of sp³-hybridized carbons (Fsp3) is 0.100. The maximum Gasteiger partial charge on any atom is 0.445 e. The van der Waals surface area contributed by atoms with Gasteiger partial charge < -0.3 is 9.88 Å². The SMILES string of the molecule is N#Cc1nc2c(NC(=O)c3c(Cl)cccc3Cl)cccc2n1CC(=O)Nc1nnc(C(F)(F)F)s1. The zero-order valence-electron chi connectivity index (χ0n) is 17.0. The number of halogens is 5. The second kappa shape index (κ2) is 9.49. The Labute approximate surface area is 208 Å². The third-order valence-corrected chi connectivity index (χ3v) is 6.05. The number of anilines is 2. The Bertz CT molecular complexity index is 1490. The van der Waals surface area contributed by atoms with Crippen LogP contribution in [-0.2, 0) is 17.5 Å². The van der Waals surface area contributed by atoms with Crippen LogP contribution in [0.25, 0.3) is 11.0 Å². The highest BCUT2D eigenvalue weighted by Crippen LogP contribution is 2.33. The van der Waals surface area contributed by atoms with Crippen LogP contribution in [0.2, 0.25) is 10.0 Å². The van der Waals surface area contributed by atoms with Crippen LogP contribution < -0.4 is 10.6 Å². The fourth-order valence-corrected chi connectivity index (χ4v) is 4.28. The van der Waals surface area contributed by atoms with Crippen LogP contribution >= 0.6 is 34.5 Å². The van der Waals surface area contributed by atoms with Gasteiger partial charge in [-0.1, -0.05) is 46.7 Å². The Morgan fingerprint density at radius 3 is 2.40 bits per heavy atom. The van der Waals surface area contributed by atoms with E-state index in [1.54, 1.807) is 18.2 Å². The standard InChI is InChI=1S/C20H10Cl2F3N7O2S/c21-9-3-1-4-10(22)15(9)17(34)27-11-5-2-6-12-16(11)28-13(7-26)32(12)8-14(33)29-19-31-30-18(35-19)20(23,24)25/h1-6H,8H2,(H,27,34)(H,29,31,33). The van der Waals surface area contributed by atoms with Crippen LogP contribution in [0.4, 0.5) is 24.0 Å². The summed E-state index contributed by atoms with van der Waals surface area (Å²) in [5, 5.41) is 19.4. The molecule has 15 heteroatoms. The highest BCUT2D eigenvalue weighted by Gasteiger charge is 2.35. The predicted molar refractivity (Wildman–Crippen MR) is 122 cm³/mol. The van der Waals surface area contributed by atoms with Crippen LogP contribution in [0, 0.1) is 11.3 Å². The second-order valence-electron chi connectivity index (χ2n) is 6.82. The van der Waals surface area contributed by atoms with Gasteiger partial charge >= 0.3 is 6.18 Å². The molecule has 178 valence electrons. The number of hydrogen-bond acceptors (Lipinski definition) is 7. The summed E-state index contributed by atoms with van der Waals surface area (Å²) in [6.07, 6.45) is -4.69. The van der Waals surface area contributed by atoms with Gasteiger partial charge in [-0.3, -0.25) is 14.9 Å². The number of carbonyl (C=O) groups is 2. The first-order valence-electron chi connectivity index (χ1n) is 9.43. The molecule has 0 aliphatic heterocycles. The van der Waals surface area contributed by atoms with Gasteiger partial charge in [0.1, 0.15) is 18.1 Å². The molecule has 0 unspecified atom stereocenters. The summed E-state index contributed by atoms with van der Waals surface area (Å²) in [6, 6.07) is 11.1. The van der Waals surface area contributed by atoms with Crippen molar-refractivity contribution in [3.63, 3.8) is 0 Å². The summed E-state index contributed by atoms with van der Waals surface area (Å²) >= 11 is 12.3. The average molecular weight is 540 g/mol. The summed E-state index contributed by atoms with van der Waals surface area (Å²) in [7, 11) is 0. The van der Waals surface area contributed by atoms with E-state index in [0.29, 0.717) is 5.52 Å². The predicted octanol–water partition coefficient (Wildman–Crippen LogP) is 4.98. The van der Waals surface area contributed by atoms with E-state index < -0.39 is 29.5 Å². The van der Waals surface area contributed by atoms with E-state index in [9.17, 15) is 28.0 Å². The zero-order chi connectivity index (χ0) is 25.3. The minimum absolute atomic E-state index is 0.0439. The number of nitrogens with zero attached hydrogens (tertiary/aromatic N) is 5. The van der Waals surface area contributed by atoms with E-state index in [4.69, 9.17) is 23.2 Å². The van der Waals surface area contributed by atoms with E-state index in [0.717, 1.165) is 0 Å². The van der Waals surface area contributed by atoms with Gasteiger partial charge in [0.05, 0.1) is 26.8 Å². The average Bonchev–Trinajstić information content (AvgIpc) is 3.39. The molecular formula is C20H10Cl2F3N7O2S. The molecule has 0 radical (unpaired) electrons. The molecule has 2 aromatic carbocycles. The van der Waals surface area contributed by atoms with Gasteiger partial charge in [-0.25, -0.2) is 4.98 Å². The van der Waals surface area contributed by atoms with Crippen LogP contribution in [-0.4, -0.2) is 31.6 Å². The molecule has 0 aliphatic rings. The number of benzene rings is 2. The Hall–Kier alpha value is -3.73. The topological polar surface area (TPSA) is 126 Å². The third kappa shape index (κ3) is 5.04. The summed E-state index contributed by atoms with van der Waals surface area (Å²) in [4.78, 5) is 29.4. The van der Waals surface area contributed by atoms with Crippen molar-refractivity contribution >= 4 is 68.2 Å². The van der Waals surface area contributed by atoms with Gasteiger partial charge in [-0.15, -0.1) is 10.2 Å². The van der Waals surface area contributed by atoms with Gasteiger partial charge in [0.15, 0.2) is 0 Å². The number of nitriles is 1. The molecule has 0 saturated carbocycles. The Kier molecular flexibility index (Phi) is 6.62. The van der Waals surface area contributed by atoms with Gasteiger partial charge in [-0.05, 0) is 24.3 Å². The van der Waals surface area contributed by atoms with E-state index in [1.165, 1.54) is 22.8 Å². The molecule has 2 amide bonds. The lowest BCUT2D eigenvalue weighted by molar-refractivity contribution is -0.138. The molecule has 4 rings (SSSR count). The molecule has 0 bridgehead atoms. The summed E-state index contributed by atoms with van der Waals surface area (Å²) in [5.74, 6) is -1.54. The molecule has 35 heavy (non-hydrogen) atoms. The van der Waals surface area contributed by atoms with E-state index in [-0.39, 0.29) is 49.1 Å². The van der Waals surface area contributed by atoms with Gasteiger partial charge in [-0.2, -0.15) is 18.4 Å². The highest BCUT2D eigenvalue weighted by atomic mass is 35.5. The molecule has 2 N–H and O–H groups in total. The lowest BCUT2D eigenvalue weighted by Gasteiger charge is -2.09. The Morgan fingerprint density at radius 2 is 1.77 bits per heavy atom. The minimum atomic E-state index is -4.69. The number of amides is 2. The van der Waals surface area contributed by atoms with Gasteiger partial charge in [0.2, 0.25) is 21.9 Å². The van der Waals surface area contributed by atoms with Crippen molar-refractivity contribution in [2.45, 2.75) is 12.7 Å². The lowest BCUT2D eigenvalue weighted by atomic mass is 10.2. The van der Waals surface area contributed by atoms with E-state index in [1.807, 2.05) is 6.07 Å². The molecule has 0 saturated heterocycles. The first kappa shape index (κ1) is 24.4. The number of alkyl halides is 3. The molecule has 2 aromatic heterocycles. The van der Waals surface area contributed by atoms with Crippen LogP contribution in [0.3, 0.4) is 0 Å². The molecule has 0 aliphatic carbocycles. The first-order chi connectivity index (χ1) is 16.6. The van der Waals surface area contributed by atoms with Crippen molar-refractivity contribution < 1.29 is 22.8 Å². The maximum atomic E-state index is 12.8. The van der Waals surface area contributed by atoms with Crippen molar-refractivity contribution in [3.05, 3.63) is 62.8 Å². The maximum absolute atomic E-state index is 12.8.